The lowest BCUT2D eigenvalue weighted by atomic mass is 10.2. The van der Waals surface area contributed by atoms with E-state index in [1.807, 2.05) is 6.92 Å². The third-order valence-corrected chi connectivity index (χ3v) is 7.75. The smallest absolute Gasteiger partial charge is 0.244 e. The summed E-state index contributed by atoms with van der Waals surface area (Å²) in [4.78, 5) is 14.5. The van der Waals surface area contributed by atoms with Crippen LogP contribution >= 0.6 is 23.4 Å². The van der Waals surface area contributed by atoms with Crippen LogP contribution in [-0.4, -0.2) is 54.3 Å². The first-order valence-corrected chi connectivity index (χ1v) is 10.4. The highest BCUT2D eigenvalue weighted by atomic mass is 35.5. The van der Waals surface area contributed by atoms with Gasteiger partial charge in [0, 0.05) is 23.9 Å². The Labute approximate surface area is 146 Å². The fraction of sp³-hybridized carbons (Fsp3) is 0.533. The van der Waals surface area contributed by atoms with Gasteiger partial charge in [0.15, 0.2) is 0 Å². The summed E-state index contributed by atoms with van der Waals surface area (Å²) < 4.78 is 27.1. The van der Waals surface area contributed by atoms with Crippen LogP contribution in [0.3, 0.4) is 0 Å². The van der Waals surface area contributed by atoms with E-state index < -0.39 is 16.1 Å². The molecule has 1 heterocycles. The van der Waals surface area contributed by atoms with Gasteiger partial charge in [-0.25, -0.2) is 8.42 Å². The summed E-state index contributed by atoms with van der Waals surface area (Å²) in [5, 5.41) is 0.413. The molecule has 0 bridgehead atoms. The molecule has 1 amide bonds. The SMILES string of the molecule is Cc1ccc(S(=O)(=O)N2CSC[C@H]2C(=O)N(C)C2CC2)cc1Cl. The standard InChI is InChI=1S/C15H19ClN2O3S2/c1-10-3-6-12(7-13(10)16)23(20,21)18-9-22-8-14(18)15(19)17(2)11-4-5-11/h3,6-7,11,14H,4-5,8-9H2,1-2H3/t14-/m0/s1. The first-order chi connectivity index (χ1) is 10.8. The molecule has 5 nitrogen and oxygen atoms in total. The molecular formula is C15H19ClN2O3S2. The topological polar surface area (TPSA) is 57.7 Å². The van der Waals surface area contributed by atoms with Crippen LogP contribution in [0.25, 0.3) is 0 Å². The van der Waals surface area contributed by atoms with Gasteiger partial charge in [0.1, 0.15) is 6.04 Å². The Hall–Kier alpha value is -0.760. The number of sulfonamides is 1. The van der Waals surface area contributed by atoms with E-state index in [1.54, 1.807) is 24.1 Å². The minimum atomic E-state index is -3.73. The maximum atomic E-state index is 12.9. The van der Waals surface area contributed by atoms with Crippen LogP contribution in [-0.2, 0) is 14.8 Å². The Morgan fingerprint density at radius 3 is 2.70 bits per heavy atom. The maximum Gasteiger partial charge on any atom is 0.244 e. The third-order valence-electron chi connectivity index (χ3n) is 4.32. The summed E-state index contributed by atoms with van der Waals surface area (Å²) in [6.07, 6.45) is 2.00. The Balaban J connectivity index is 1.88. The maximum absolute atomic E-state index is 12.9. The predicted octanol–water partition coefficient (Wildman–Crippen LogP) is 2.33. The van der Waals surface area contributed by atoms with Gasteiger partial charge in [-0.2, -0.15) is 4.31 Å². The lowest BCUT2D eigenvalue weighted by Gasteiger charge is -2.27. The molecule has 3 rings (SSSR count). The Morgan fingerprint density at radius 2 is 2.09 bits per heavy atom. The number of halogens is 1. The second-order valence-electron chi connectivity index (χ2n) is 6.00. The number of hydrogen-bond donors (Lipinski definition) is 0. The second-order valence-corrected chi connectivity index (χ2v) is 9.30. The monoisotopic (exact) mass is 374 g/mol. The number of carbonyl (C=O) groups is 1. The van der Waals surface area contributed by atoms with Gasteiger partial charge in [0.2, 0.25) is 15.9 Å². The molecule has 1 saturated carbocycles. The number of nitrogens with zero attached hydrogens (tertiary/aromatic N) is 2. The number of likely N-dealkylation sites (N-methyl/N-ethyl adjacent to an activating group) is 1. The van der Waals surface area contributed by atoms with E-state index in [4.69, 9.17) is 11.6 Å². The average Bonchev–Trinajstić information content (AvgIpc) is 3.24. The summed E-state index contributed by atoms with van der Waals surface area (Å²) in [6, 6.07) is 4.33. The Kier molecular flexibility index (Phi) is 4.66. The molecule has 23 heavy (non-hydrogen) atoms. The molecule has 1 saturated heterocycles. The molecule has 1 aliphatic heterocycles. The number of amides is 1. The molecule has 0 N–H and O–H groups in total. The van der Waals surface area contributed by atoms with Crippen molar-refractivity contribution in [3.63, 3.8) is 0 Å². The van der Waals surface area contributed by atoms with Gasteiger partial charge in [-0.05, 0) is 37.5 Å². The van der Waals surface area contributed by atoms with Crippen LogP contribution < -0.4 is 0 Å². The van der Waals surface area contributed by atoms with Crippen molar-refractivity contribution in [1.29, 1.82) is 0 Å². The molecule has 126 valence electrons. The highest BCUT2D eigenvalue weighted by Gasteiger charge is 2.43. The minimum Gasteiger partial charge on any atom is -0.341 e. The highest BCUT2D eigenvalue weighted by molar-refractivity contribution is 8.00. The van der Waals surface area contributed by atoms with Crippen molar-refractivity contribution in [2.75, 3.05) is 18.7 Å². The third kappa shape index (κ3) is 3.24. The van der Waals surface area contributed by atoms with Crippen molar-refractivity contribution in [3.8, 4) is 0 Å². The predicted molar refractivity (Wildman–Crippen MR) is 92.1 cm³/mol. The van der Waals surface area contributed by atoms with Crippen molar-refractivity contribution in [2.45, 2.75) is 36.7 Å². The summed E-state index contributed by atoms with van der Waals surface area (Å²) in [7, 11) is -1.97. The highest BCUT2D eigenvalue weighted by Crippen LogP contribution is 2.33. The van der Waals surface area contributed by atoms with Crippen molar-refractivity contribution < 1.29 is 13.2 Å². The van der Waals surface area contributed by atoms with Gasteiger partial charge in [-0.15, -0.1) is 11.8 Å². The number of carbonyl (C=O) groups excluding carboxylic acids is 1. The fourth-order valence-electron chi connectivity index (χ4n) is 2.61. The van der Waals surface area contributed by atoms with Crippen LogP contribution in [0.15, 0.2) is 23.1 Å². The zero-order chi connectivity index (χ0) is 16.8. The largest absolute Gasteiger partial charge is 0.341 e. The van der Waals surface area contributed by atoms with E-state index in [1.165, 1.54) is 22.1 Å². The van der Waals surface area contributed by atoms with Crippen molar-refractivity contribution >= 4 is 39.3 Å². The van der Waals surface area contributed by atoms with Crippen LogP contribution in [0, 0.1) is 6.92 Å². The van der Waals surface area contributed by atoms with E-state index in [9.17, 15) is 13.2 Å². The number of rotatable bonds is 4. The Morgan fingerprint density at radius 1 is 1.39 bits per heavy atom. The van der Waals surface area contributed by atoms with E-state index in [0.29, 0.717) is 16.7 Å². The van der Waals surface area contributed by atoms with Crippen molar-refractivity contribution in [3.05, 3.63) is 28.8 Å². The zero-order valence-corrected chi connectivity index (χ0v) is 15.4. The molecule has 8 heteroatoms. The normalized spacial score (nSPS) is 22.3. The van der Waals surface area contributed by atoms with E-state index in [2.05, 4.69) is 0 Å². The van der Waals surface area contributed by atoms with E-state index in [-0.39, 0.29) is 16.8 Å². The lowest BCUT2D eigenvalue weighted by Crippen LogP contribution is -2.48. The minimum absolute atomic E-state index is 0.112. The molecule has 0 spiro atoms. The first kappa shape index (κ1) is 17.1. The van der Waals surface area contributed by atoms with Gasteiger partial charge in [-0.3, -0.25) is 4.79 Å². The van der Waals surface area contributed by atoms with Gasteiger partial charge < -0.3 is 4.90 Å². The summed E-state index contributed by atoms with van der Waals surface area (Å²) in [5.41, 5.74) is 0.822. The second kappa shape index (κ2) is 6.27. The molecule has 0 aromatic heterocycles. The Bertz CT molecular complexity index is 734. The van der Waals surface area contributed by atoms with Gasteiger partial charge in [0.25, 0.3) is 0 Å². The zero-order valence-electron chi connectivity index (χ0n) is 13.0. The van der Waals surface area contributed by atoms with Crippen LogP contribution in [0.4, 0.5) is 0 Å². The number of aryl methyl sites for hydroxylation is 1. The number of benzene rings is 1. The average molecular weight is 375 g/mol. The molecule has 2 aliphatic rings. The molecule has 1 aromatic rings. The molecule has 2 fully saturated rings. The molecule has 1 aliphatic carbocycles. The molecule has 1 aromatic carbocycles. The molecule has 0 unspecified atom stereocenters. The fourth-order valence-corrected chi connectivity index (χ4v) is 6.01. The van der Waals surface area contributed by atoms with Crippen LogP contribution in [0.2, 0.25) is 5.02 Å². The first-order valence-electron chi connectivity index (χ1n) is 7.45. The summed E-state index contributed by atoms with van der Waals surface area (Å²) >= 11 is 7.53. The van der Waals surface area contributed by atoms with Crippen LogP contribution in [0.5, 0.6) is 0 Å². The van der Waals surface area contributed by atoms with Gasteiger partial charge >= 0.3 is 0 Å². The molecule has 1 atom stereocenters. The summed E-state index contributed by atoms with van der Waals surface area (Å²) in [6.45, 7) is 1.82. The van der Waals surface area contributed by atoms with Gasteiger partial charge in [0.05, 0.1) is 10.8 Å². The van der Waals surface area contributed by atoms with E-state index >= 15 is 0 Å². The summed E-state index contributed by atoms with van der Waals surface area (Å²) in [5.74, 6) is 0.677. The van der Waals surface area contributed by atoms with E-state index in [0.717, 1.165) is 18.4 Å². The number of thioether (sulfide) groups is 1. The quantitative estimate of drug-likeness (QED) is 0.811. The van der Waals surface area contributed by atoms with Gasteiger partial charge in [-0.1, -0.05) is 17.7 Å². The van der Waals surface area contributed by atoms with Crippen LogP contribution in [0.1, 0.15) is 18.4 Å². The lowest BCUT2D eigenvalue weighted by molar-refractivity contribution is -0.133. The van der Waals surface area contributed by atoms with Crippen molar-refractivity contribution in [2.24, 2.45) is 0 Å². The molecular weight excluding hydrogens is 356 g/mol. The molecule has 0 radical (unpaired) electrons. The van der Waals surface area contributed by atoms with Crippen molar-refractivity contribution in [1.82, 2.24) is 9.21 Å². The number of hydrogen-bond acceptors (Lipinski definition) is 4.